The molecule has 4 aromatic rings. The second-order valence-electron chi connectivity index (χ2n) is 12.7. The summed E-state index contributed by atoms with van der Waals surface area (Å²) in [4.78, 5) is 67.7. The monoisotopic (exact) mass is 721 g/mol. The first-order chi connectivity index (χ1) is 25.8. The van der Waals surface area contributed by atoms with Crippen LogP contribution in [-0.4, -0.2) is 89.6 Å². The molecule has 0 aliphatic heterocycles. The molecular formula is C38H46BN8O6. The van der Waals surface area contributed by atoms with Crippen molar-refractivity contribution in [2.45, 2.75) is 51.6 Å². The van der Waals surface area contributed by atoms with E-state index in [4.69, 9.17) is 9.31 Å². The number of benzene rings is 2. The highest BCUT2D eigenvalue weighted by molar-refractivity contribution is 6.17. The number of rotatable bonds is 22. The number of carbonyl (C=O) groups excluding carboxylic acids is 4. The largest absolute Gasteiger partial charge is 0.487 e. The zero-order chi connectivity index (χ0) is 37.7. The molecule has 4 rings (SSSR count). The Labute approximate surface area is 310 Å². The van der Waals surface area contributed by atoms with Gasteiger partial charge in [0.25, 0.3) is 11.8 Å². The van der Waals surface area contributed by atoms with E-state index in [2.05, 4.69) is 41.2 Å². The highest BCUT2D eigenvalue weighted by atomic mass is 16.6. The van der Waals surface area contributed by atoms with Crippen molar-refractivity contribution in [2.75, 3.05) is 26.3 Å². The Kier molecular flexibility index (Phi) is 17.0. The summed E-state index contributed by atoms with van der Waals surface area (Å²) < 4.78 is 11.1. The van der Waals surface area contributed by atoms with Gasteiger partial charge in [0, 0.05) is 63.9 Å². The van der Waals surface area contributed by atoms with E-state index >= 15 is 0 Å². The molecule has 0 saturated carbocycles. The number of hydrogen-bond acceptors (Lipinski definition) is 10. The Balaban J connectivity index is 1.10. The van der Waals surface area contributed by atoms with Crippen molar-refractivity contribution in [1.29, 1.82) is 0 Å². The fourth-order valence-electron chi connectivity index (χ4n) is 5.10. The van der Waals surface area contributed by atoms with Gasteiger partial charge in [-0.25, -0.2) is 9.97 Å². The normalized spacial score (nSPS) is 13.1. The average molecular weight is 722 g/mol. The van der Waals surface area contributed by atoms with Crippen LogP contribution in [0.3, 0.4) is 0 Å². The van der Waals surface area contributed by atoms with Crippen LogP contribution >= 0.6 is 0 Å². The van der Waals surface area contributed by atoms with Crippen molar-refractivity contribution >= 4 is 31.3 Å². The molecule has 2 heterocycles. The Morgan fingerprint density at radius 3 is 1.42 bits per heavy atom. The Morgan fingerprint density at radius 1 is 0.623 bits per heavy atom. The van der Waals surface area contributed by atoms with Gasteiger partial charge >= 0.3 is 7.69 Å². The zero-order valence-corrected chi connectivity index (χ0v) is 30.0. The Hall–Kier alpha value is -5.54. The summed E-state index contributed by atoms with van der Waals surface area (Å²) in [5.74, 6) is -1.34. The lowest BCUT2D eigenvalue weighted by Gasteiger charge is -2.20. The van der Waals surface area contributed by atoms with Gasteiger partial charge in [0.15, 0.2) is 0 Å². The first-order valence-corrected chi connectivity index (χ1v) is 17.6. The van der Waals surface area contributed by atoms with Gasteiger partial charge in [-0.15, -0.1) is 0 Å². The molecular weight excluding hydrogens is 675 g/mol. The van der Waals surface area contributed by atoms with E-state index in [1.54, 1.807) is 0 Å². The molecule has 4 atom stereocenters. The van der Waals surface area contributed by atoms with Gasteiger partial charge in [-0.3, -0.25) is 29.1 Å². The molecule has 0 bridgehead atoms. The summed E-state index contributed by atoms with van der Waals surface area (Å²) in [6.07, 6.45) is 10.5. The molecule has 0 aliphatic carbocycles. The molecule has 14 nitrogen and oxygen atoms in total. The smallest absolute Gasteiger partial charge is 0.413 e. The molecule has 0 spiro atoms. The van der Waals surface area contributed by atoms with Crippen molar-refractivity contribution < 1.29 is 28.5 Å². The maximum Gasteiger partial charge on any atom is 0.487 e. The second kappa shape index (κ2) is 22.4. The lowest BCUT2D eigenvalue weighted by Crippen LogP contribution is -2.49. The summed E-state index contributed by atoms with van der Waals surface area (Å²) in [6, 6.07) is 17.4. The summed E-state index contributed by atoms with van der Waals surface area (Å²) in [5, 5.41) is 11.5. The fraction of sp³-hybridized carbons (Fsp3) is 0.368. The molecule has 4 amide bonds. The summed E-state index contributed by atoms with van der Waals surface area (Å²) in [6.45, 7) is 5.57. The van der Waals surface area contributed by atoms with Crippen LogP contribution in [0.1, 0.15) is 58.8 Å². The number of aromatic nitrogens is 4. The molecule has 0 fully saturated rings. The van der Waals surface area contributed by atoms with E-state index in [1.807, 2.05) is 74.5 Å². The van der Waals surface area contributed by atoms with Gasteiger partial charge in [0.05, 0.1) is 12.4 Å². The predicted molar refractivity (Wildman–Crippen MR) is 198 cm³/mol. The van der Waals surface area contributed by atoms with Crippen molar-refractivity contribution in [3.63, 3.8) is 0 Å². The molecule has 277 valence electrons. The van der Waals surface area contributed by atoms with Crippen molar-refractivity contribution in [3.05, 3.63) is 120 Å². The molecule has 0 aliphatic rings. The minimum atomic E-state index is -0.792. The topological polar surface area (TPSA) is 186 Å². The molecule has 0 saturated heterocycles. The minimum Gasteiger partial charge on any atom is -0.413 e. The molecule has 2 aromatic carbocycles. The third-order valence-electron chi connectivity index (χ3n) is 8.24. The van der Waals surface area contributed by atoms with Gasteiger partial charge in [0.1, 0.15) is 23.5 Å². The summed E-state index contributed by atoms with van der Waals surface area (Å²) in [5.41, 5.74) is 2.09. The Bertz CT molecular complexity index is 1570. The number of nitrogens with one attached hydrogen (secondary N) is 4. The van der Waals surface area contributed by atoms with Crippen LogP contribution in [0.5, 0.6) is 0 Å². The van der Waals surface area contributed by atoms with Crippen LogP contribution in [0.25, 0.3) is 0 Å². The summed E-state index contributed by atoms with van der Waals surface area (Å²) >= 11 is 0. The maximum absolute atomic E-state index is 13.1. The third-order valence-corrected chi connectivity index (χ3v) is 8.24. The van der Waals surface area contributed by atoms with Crippen molar-refractivity contribution in [3.8, 4) is 0 Å². The van der Waals surface area contributed by atoms with Gasteiger partial charge in [-0.1, -0.05) is 74.5 Å². The average Bonchev–Trinajstić information content (AvgIpc) is 3.19. The maximum atomic E-state index is 13.1. The molecule has 1 radical (unpaired) electrons. The van der Waals surface area contributed by atoms with Gasteiger partial charge < -0.3 is 30.6 Å². The van der Waals surface area contributed by atoms with Crippen molar-refractivity contribution in [1.82, 2.24) is 41.2 Å². The zero-order valence-electron chi connectivity index (χ0n) is 30.0. The fourth-order valence-corrected chi connectivity index (χ4v) is 5.10. The van der Waals surface area contributed by atoms with E-state index in [9.17, 15) is 19.2 Å². The van der Waals surface area contributed by atoms with Crippen LogP contribution in [0.15, 0.2) is 97.8 Å². The first kappa shape index (κ1) is 40.2. The molecule has 2 aromatic heterocycles. The number of amides is 4. The minimum absolute atomic E-state index is 0.0974. The van der Waals surface area contributed by atoms with E-state index in [-0.39, 0.29) is 35.0 Å². The van der Waals surface area contributed by atoms with Gasteiger partial charge in [-0.2, -0.15) is 0 Å². The molecule has 4 N–H and O–H groups in total. The SMILES string of the molecule is CC(CCO[B]OCCC(C)CNC(=O)[C@H](Cc1ccccc1)NC(=O)c1cnccn1)CNC(=O)[C@H](Cc1ccccc1)NC(=O)c1cnccn1. The van der Waals surface area contributed by atoms with Gasteiger partial charge in [-0.05, 0) is 35.8 Å². The number of hydrogen-bond donors (Lipinski definition) is 4. The van der Waals surface area contributed by atoms with E-state index in [0.717, 1.165) is 11.1 Å². The molecule has 2 unspecified atom stereocenters. The highest BCUT2D eigenvalue weighted by Crippen LogP contribution is 2.08. The molecule has 15 heteroatoms. The van der Waals surface area contributed by atoms with Gasteiger partial charge in [0.2, 0.25) is 11.8 Å². The predicted octanol–water partition coefficient (Wildman–Crippen LogP) is 2.50. The molecule has 53 heavy (non-hydrogen) atoms. The van der Waals surface area contributed by atoms with Crippen LogP contribution in [0.4, 0.5) is 0 Å². The quantitative estimate of drug-likeness (QED) is 0.0694. The van der Waals surface area contributed by atoms with Crippen LogP contribution in [0, 0.1) is 11.8 Å². The van der Waals surface area contributed by atoms with E-state index < -0.39 is 23.9 Å². The van der Waals surface area contributed by atoms with Crippen LogP contribution < -0.4 is 21.3 Å². The Morgan fingerprint density at radius 2 is 1.04 bits per heavy atom. The summed E-state index contributed by atoms with van der Waals surface area (Å²) in [7, 11) is 1.31. The van der Waals surface area contributed by atoms with Crippen LogP contribution in [-0.2, 0) is 31.7 Å². The highest BCUT2D eigenvalue weighted by Gasteiger charge is 2.24. The lowest BCUT2D eigenvalue weighted by atomic mass is 10.0. The standard InChI is InChI=1S/C38H46BN8O6/c1-27(23-44-35(48)31(21-29-9-5-3-6-10-29)46-37(50)33-25-40-15-17-42-33)13-19-52-39-53-20-14-28(2)24-45-36(49)32(22-30-11-7-4-8-12-30)47-38(51)34-26-41-16-18-43-34/h3-12,15-18,25-28,31-32H,13-14,19-24H2,1-2H3,(H,44,48)(H,45,49)(H,46,50)(H,47,51)/t27?,28?,31-,32-/m0/s1. The number of nitrogens with zero attached hydrogens (tertiary/aromatic N) is 4. The van der Waals surface area contributed by atoms with Crippen molar-refractivity contribution in [2.24, 2.45) is 11.8 Å². The number of carbonyl (C=O) groups is 4. The first-order valence-electron chi connectivity index (χ1n) is 17.6. The third kappa shape index (κ3) is 14.9. The lowest BCUT2D eigenvalue weighted by molar-refractivity contribution is -0.123. The van der Waals surface area contributed by atoms with Crippen LogP contribution in [0.2, 0.25) is 0 Å². The van der Waals surface area contributed by atoms with E-state index in [0.29, 0.717) is 52.0 Å². The second-order valence-corrected chi connectivity index (χ2v) is 12.7. The van der Waals surface area contributed by atoms with E-state index in [1.165, 1.54) is 44.9 Å².